The average Bonchev–Trinajstić information content (AvgIpc) is 2.67. The molecule has 128 valence electrons. The van der Waals surface area contributed by atoms with Crippen molar-refractivity contribution in [3.05, 3.63) is 59.7 Å². The van der Waals surface area contributed by atoms with Crippen LogP contribution in [0.5, 0.6) is 5.75 Å². The fourth-order valence-electron chi connectivity index (χ4n) is 3.24. The van der Waals surface area contributed by atoms with Crippen LogP contribution in [-0.4, -0.2) is 31.3 Å². The molecule has 0 saturated carbocycles. The number of benzene rings is 2. The predicted molar refractivity (Wildman–Crippen MR) is 97.4 cm³/mol. The fraction of sp³-hybridized carbons (Fsp3) is 0.400. The largest absolute Gasteiger partial charge is 0.495 e. The summed E-state index contributed by atoms with van der Waals surface area (Å²) in [6.45, 7) is 3.07. The molecule has 0 aromatic heterocycles. The third-order valence-corrected chi connectivity index (χ3v) is 4.72. The summed E-state index contributed by atoms with van der Waals surface area (Å²) in [6, 6.07) is 16.9. The second-order valence-electron chi connectivity index (χ2n) is 6.29. The third-order valence-electron chi connectivity index (χ3n) is 4.72. The highest BCUT2D eigenvalue weighted by atomic mass is 16.5. The number of aliphatic hydroxyl groups is 1. The summed E-state index contributed by atoms with van der Waals surface area (Å²) in [5, 5.41) is 12.7. The predicted octanol–water partition coefficient (Wildman–Crippen LogP) is 2.95. The molecule has 0 unspecified atom stereocenters. The zero-order chi connectivity index (χ0) is 16.8. The first kappa shape index (κ1) is 16.8. The first-order valence-corrected chi connectivity index (χ1v) is 8.60. The van der Waals surface area contributed by atoms with Gasteiger partial charge in [0.15, 0.2) is 0 Å². The Bertz CT molecular complexity index is 634. The SMILES string of the molecule is COc1ccccc1N1CCC(NCc2ccc(CO)cc2)CC1. The number of piperidine rings is 1. The van der Waals surface area contributed by atoms with Crippen LogP contribution in [0.3, 0.4) is 0 Å². The number of ether oxygens (including phenoxy) is 1. The molecule has 0 atom stereocenters. The lowest BCUT2D eigenvalue weighted by Gasteiger charge is -2.34. The van der Waals surface area contributed by atoms with Gasteiger partial charge in [-0.05, 0) is 36.1 Å². The van der Waals surface area contributed by atoms with Crippen LogP contribution in [0.25, 0.3) is 0 Å². The van der Waals surface area contributed by atoms with E-state index in [0.29, 0.717) is 6.04 Å². The molecule has 1 aliphatic heterocycles. The van der Waals surface area contributed by atoms with Crippen molar-refractivity contribution in [2.24, 2.45) is 0 Å². The van der Waals surface area contributed by atoms with Gasteiger partial charge in [0.25, 0.3) is 0 Å². The molecule has 0 aliphatic carbocycles. The van der Waals surface area contributed by atoms with Crippen LogP contribution < -0.4 is 15.0 Å². The molecule has 0 amide bonds. The number of nitrogens with one attached hydrogen (secondary N) is 1. The van der Waals surface area contributed by atoms with Crippen LogP contribution in [0.1, 0.15) is 24.0 Å². The standard InChI is InChI=1S/C20H26N2O2/c1-24-20-5-3-2-4-19(20)22-12-10-18(11-13-22)21-14-16-6-8-17(15-23)9-7-16/h2-9,18,21,23H,10-15H2,1H3. The van der Waals surface area contributed by atoms with E-state index in [1.54, 1.807) is 7.11 Å². The number of hydrogen-bond acceptors (Lipinski definition) is 4. The lowest BCUT2D eigenvalue weighted by Crippen LogP contribution is -2.42. The fourth-order valence-corrected chi connectivity index (χ4v) is 3.24. The summed E-state index contributed by atoms with van der Waals surface area (Å²) >= 11 is 0. The van der Waals surface area contributed by atoms with Crippen molar-refractivity contribution in [2.45, 2.75) is 32.0 Å². The minimum atomic E-state index is 0.106. The Hall–Kier alpha value is -2.04. The van der Waals surface area contributed by atoms with E-state index in [-0.39, 0.29) is 6.61 Å². The molecule has 0 bridgehead atoms. The molecule has 1 fully saturated rings. The van der Waals surface area contributed by atoms with Gasteiger partial charge in [0.1, 0.15) is 5.75 Å². The molecule has 3 rings (SSSR count). The van der Waals surface area contributed by atoms with E-state index in [9.17, 15) is 0 Å². The maximum Gasteiger partial charge on any atom is 0.142 e. The highest BCUT2D eigenvalue weighted by molar-refractivity contribution is 5.58. The van der Waals surface area contributed by atoms with E-state index in [0.717, 1.165) is 43.8 Å². The van der Waals surface area contributed by atoms with Crippen molar-refractivity contribution in [1.29, 1.82) is 0 Å². The van der Waals surface area contributed by atoms with Crippen molar-refractivity contribution < 1.29 is 9.84 Å². The van der Waals surface area contributed by atoms with Crippen molar-refractivity contribution in [1.82, 2.24) is 5.32 Å². The Labute approximate surface area is 144 Å². The molecule has 4 nitrogen and oxygen atoms in total. The van der Waals surface area contributed by atoms with Gasteiger partial charge in [0.2, 0.25) is 0 Å². The molecule has 24 heavy (non-hydrogen) atoms. The van der Waals surface area contributed by atoms with Gasteiger partial charge in [-0.15, -0.1) is 0 Å². The Morgan fingerprint density at radius 1 is 1.04 bits per heavy atom. The molecule has 2 N–H and O–H groups in total. The van der Waals surface area contributed by atoms with Gasteiger partial charge in [-0.25, -0.2) is 0 Å². The van der Waals surface area contributed by atoms with Gasteiger partial charge in [0.05, 0.1) is 19.4 Å². The molecule has 1 aliphatic rings. The van der Waals surface area contributed by atoms with Crippen molar-refractivity contribution in [2.75, 3.05) is 25.1 Å². The van der Waals surface area contributed by atoms with Crippen LogP contribution in [-0.2, 0) is 13.2 Å². The summed E-state index contributed by atoms with van der Waals surface area (Å²) in [7, 11) is 1.73. The van der Waals surface area contributed by atoms with Crippen molar-refractivity contribution in [3.63, 3.8) is 0 Å². The Morgan fingerprint density at radius 2 is 1.71 bits per heavy atom. The van der Waals surface area contributed by atoms with E-state index >= 15 is 0 Å². The number of anilines is 1. The number of para-hydroxylation sites is 2. The number of rotatable bonds is 6. The van der Waals surface area contributed by atoms with Crippen LogP contribution in [0, 0.1) is 0 Å². The first-order valence-electron chi connectivity index (χ1n) is 8.60. The monoisotopic (exact) mass is 326 g/mol. The van der Waals surface area contributed by atoms with E-state index in [2.05, 4.69) is 34.5 Å². The van der Waals surface area contributed by atoms with Gasteiger partial charge < -0.3 is 20.1 Å². The van der Waals surface area contributed by atoms with Gasteiger partial charge in [-0.1, -0.05) is 36.4 Å². The quantitative estimate of drug-likeness (QED) is 0.857. The average molecular weight is 326 g/mol. The van der Waals surface area contributed by atoms with E-state index in [4.69, 9.17) is 9.84 Å². The topological polar surface area (TPSA) is 44.7 Å². The molecule has 1 saturated heterocycles. The van der Waals surface area contributed by atoms with Crippen LogP contribution >= 0.6 is 0 Å². The van der Waals surface area contributed by atoms with Gasteiger partial charge in [0, 0.05) is 25.7 Å². The van der Waals surface area contributed by atoms with Crippen LogP contribution in [0.15, 0.2) is 48.5 Å². The molecule has 1 heterocycles. The highest BCUT2D eigenvalue weighted by Gasteiger charge is 2.20. The van der Waals surface area contributed by atoms with Crippen LogP contribution in [0.4, 0.5) is 5.69 Å². The normalized spacial score (nSPS) is 15.5. The minimum Gasteiger partial charge on any atom is -0.495 e. The third kappa shape index (κ3) is 4.08. The number of hydrogen-bond donors (Lipinski definition) is 2. The molecular formula is C20H26N2O2. The van der Waals surface area contributed by atoms with Crippen molar-refractivity contribution in [3.8, 4) is 5.75 Å². The van der Waals surface area contributed by atoms with Crippen LogP contribution in [0.2, 0.25) is 0 Å². The second kappa shape index (κ2) is 8.18. The Kier molecular flexibility index (Phi) is 5.72. The molecular weight excluding hydrogens is 300 g/mol. The maximum absolute atomic E-state index is 9.09. The maximum atomic E-state index is 9.09. The Balaban J connectivity index is 1.49. The minimum absolute atomic E-state index is 0.106. The van der Waals surface area contributed by atoms with E-state index < -0.39 is 0 Å². The molecule has 2 aromatic rings. The summed E-state index contributed by atoms with van der Waals surface area (Å²) in [5.41, 5.74) is 3.42. The molecule has 2 aromatic carbocycles. The molecule has 4 heteroatoms. The molecule has 0 radical (unpaired) electrons. The summed E-state index contributed by atoms with van der Waals surface area (Å²) in [5.74, 6) is 0.952. The summed E-state index contributed by atoms with van der Waals surface area (Å²) < 4.78 is 5.47. The second-order valence-corrected chi connectivity index (χ2v) is 6.29. The zero-order valence-electron chi connectivity index (χ0n) is 14.2. The first-order chi connectivity index (χ1) is 11.8. The highest BCUT2D eigenvalue weighted by Crippen LogP contribution is 2.29. The number of methoxy groups -OCH3 is 1. The van der Waals surface area contributed by atoms with E-state index in [1.165, 1.54) is 11.3 Å². The number of nitrogens with zero attached hydrogens (tertiary/aromatic N) is 1. The van der Waals surface area contributed by atoms with Gasteiger partial charge in [-0.2, -0.15) is 0 Å². The van der Waals surface area contributed by atoms with Gasteiger partial charge >= 0.3 is 0 Å². The van der Waals surface area contributed by atoms with Gasteiger partial charge in [-0.3, -0.25) is 0 Å². The lowest BCUT2D eigenvalue weighted by molar-refractivity contribution is 0.282. The Morgan fingerprint density at radius 3 is 2.38 bits per heavy atom. The summed E-state index contributed by atoms with van der Waals surface area (Å²) in [4.78, 5) is 2.41. The van der Waals surface area contributed by atoms with E-state index in [1.807, 2.05) is 24.3 Å². The smallest absolute Gasteiger partial charge is 0.142 e. The number of aliphatic hydroxyl groups excluding tert-OH is 1. The zero-order valence-corrected chi connectivity index (χ0v) is 14.2. The summed E-state index contributed by atoms with van der Waals surface area (Å²) in [6.07, 6.45) is 2.26. The molecule has 0 spiro atoms. The lowest BCUT2D eigenvalue weighted by atomic mass is 10.0. The van der Waals surface area contributed by atoms with Crippen molar-refractivity contribution >= 4 is 5.69 Å².